The van der Waals surface area contributed by atoms with E-state index in [2.05, 4.69) is 45.1 Å². The summed E-state index contributed by atoms with van der Waals surface area (Å²) in [5, 5.41) is 0. The molecule has 0 N–H and O–H groups in total. The Kier molecular flexibility index (Phi) is 67.6. The van der Waals surface area contributed by atoms with Gasteiger partial charge in [-0.2, -0.15) is 0 Å². The van der Waals surface area contributed by atoms with Crippen molar-refractivity contribution in [2.24, 2.45) is 0 Å². The van der Waals surface area contributed by atoms with Gasteiger partial charge in [0.1, 0.15) is 13.2 Å². The molecule has 0 fully saturated rings. The van der Waals surface area contributed by atoms with E-state index in [1.54, 1.807) is 0 Å². The third-order valence-electron chi connectivity index (χ3n) is 16.7. The van der Waals surface area contributed by atoms with Crippen LogP contribution in [-0.4, -0.2) is 37.2 Å². The summed E-state index contributed by atoms with van der Waals surface area (Å²) in [7, 11) is 0. The van der Waals surface area contributed by atoms with Gasteiger partial charge in [-0.3, -0.25) is 14.4 Å². The molecule has 6 heteroatoms. The van der Waals surface area contributed by atoms with E-state index in [9.17, 15) is 14.4 Å². The molecule has 0 heterocycles. The molecule has 0 aromatic rings. The molecule has 0 radical (unpaired) electrons. The van der Waals surface area contributed by atoms with Gasteiger partial charge in [0.2, 0.25) is 0 Å². The summed E-state index contributed by atoms with van der Waals surface area (Å²) in [5.74, 6) is -0.851. The lowest BCUT2D eigenvalue weighted by Crippen LogP contribution is -2.30. The van der Waals surface area contributed by atoms with Crippen LogP contribution in [0.3, 0.4) is 0 Å². The Morgan fingerprint density at radius 3 is 0.625 bits per heavy atom. The smallest absolute Gasteiger partial charge is 0.306 e. The molecule has 0 aromatic carbocycles. The van der Waals surface area contributed by atoms with Crippen LogP contribution in [0.4, 0.5) is 0 Å². The van der Waals surface area contributed by atoms with Crippen LogP contribution in [0, 0.1) is 0 Å². The average molecular weight is 1130 g/mol. The number of ether oxygens (including phenoxy) is 3. The molecule has 0 aromatic heterocycles. The summed E-state index contributed by atoms with van der Waals surface area (Å²) in [4.78, 5) is 38.1. The fraction of sp³-hybridized carbons (Fsp3) is 0.905. The van der Waals surface area contributed by atoms with Crippen molar-refractivity contribution < 1.29 is 28.6 Å². The van der Waals surface area contributed by atoms with Crippen molar-refractivity contribution >= 4 is 17.9 Å². The highest BCUT2D eigenvalue weighted by molar-refractivity contribution is 5.71. The standard InChI is InChI=1S/C74H140O6/c1-4-7-10-13-16-18-20-22-24-26-28-30-31-32-33-34-35-36-37-38-39-40-41-42-43-45-46-48-50-52-54-56-58-61-64-67-73(76)79-70-71(69-78-72(75)66-63-60-15-12-9-6-3)80-74(77)68-65-62-59-57-55-53-51-49-47-44-29-27-25-23-21-19-17-14-11-8-5-2/h26-29,71H,4-25,30-70H2,1-3H3/b28-26-,29-27-. The second kappa shape index (κ2) is 69.4. The summed E-state index contributed by atoms with van der Waals surface area (Å²) < 4.78 is 16.9. The highest BCUT2D eigenvalue weighted by Crippen LogP contribution is 2.19. The van der Waals surface area contributed by atoms with Gasteiger partial charge in [-0.25, -0.2) is 0 Å². The zero-order chi connectivity index (χ0) is 57.8. The number of unbranched alkanes of at least 4 members (excludes halogenated alkanes) is 53. The predicted octanol–water partition coefficient (Wildman–Crippen LogP) is 25.0. The lowest BCUT2D eigenvalue weighted by Gasteiger charge is -2.18. The fourth-order valence-corrected chi connectivity index (χ4v) is 11.2. The van der Waals surface area contributed by atoms with Gasteiger partial charge in [-0.1, -0.05) is 347 Å². The molecular weight excluding hydrogens is 985 g/mol. The first kappa shape index (κ1) is 77.9. The number of carbonyl (C=O) groups excluding carboxylic acids is 3. The molecule has 1 unspecified atom stereocenters. The van der Waals surface area contributed by atoms with E-state index in [-0.39, 0.29) is 31.1 Å². The van der Waals surface area contributed by atoms with Gasteiger partial charge in [0, 0.05) is 19.3 Å². The molecule has 472 valence electrons. The summed E-state index contributed by atoms with van der Waals surface area (Å²) >= 11 is 0. The molecule has 0 aliphatic heterocycles. The average Bonchev–Trinajstić information content (AvgIpc) is 3.46. The normalized spacial score (nSPS) is 12.1. The summed E-state index contributed by atoms with van der Waals surface area (Å²) in [5.41, 5.74) is 0. The van der Waals surface area contributed by atoms with E-state index in [1.165, 1.54) is 315 Å². The molecule has 0 rings (SSSR count). The largest absolute Gasteiger partial charge is 0.462 e. The van der Waals surface area contributed by atoms with Crippen molar-refractivity contribution in [2.45, 2.75) is 419 Å². The zero-order valence-electron chi connectivity index (χ0n) is 54.4. The van der Waals surface area contributed by atoms with E-state index < -0.39 is 6.10 Å². The van der Waals surface area contributed by atoms with Crippen molar-refractivity contribution in [3.63, 3.8) is 0 Å². The molecule has 0 bridgehead atoms. The Labute approximate surface area is 500 Å². The van der Waals surface area contributed by atoms with Crippen LogP contribution < -0.4 is 0 Å². The van der Waals surface area contributed by atoms with E-state index >= 15 is 0 Å². The van der Waals surface area contributed by atoms with Gasteiger partial charge in [-0.05, 0) is 70.6 Å². The first-order valence-electron chi connectivity index (χ1n) is 36.3. The Bertz CT molecular complexity index is 1290. The van der Waals surface area contributed by atoms with Crippen LogP contribution in [0.1, 0.15) is 412 Å². The maximum absolute atomic E-state index is 12.9. The van der Waals surface area contributed by atoms with Crippen molar-refractivity contribution in [2.75, 3.05) is 13.2 Å². The second-order valence-electron chi connectivity index (χ2n) is 24.9. The van der Waals surface area contributed by atoms with Gasteiger partial charge in [0.05, 0.1) is 0 Å². The number of esters is 3. The first-order chi connectivity index (χ1) is 39.5. The molecule has 80 heavy (non-hydrogen) atoms. The summed E-state index contributed by atoms with van der Waals surface area (Å²) in [6, 6.07) is 0. The van der Waals surface area contributed by atoms with Crippen molar-refractivity contribution in [3.8, 4) is 0 Å². The van der Waals surface area contributed by atoms with Crippen LogP contribution in [0.2, 0.25) is 0 Å². The molecule has 0 aliphatic carbocycles. The lowest BCUT2D eigenvalue weighted by atomic mass is 10.0. The molecule has 0 amide bonds. The Balaban J connectivity index is 3.90. The first-order valence-corrected chi connectivity index (χ1v) is 36.3. The third-order valence-corrected chi connectivity index (χ3v) is 16.7. The van der Waals surface area contributed by atoms with Crippen molar-refractivity contribution in [1.29, 1.82) is 0 Å². The minimum absolute atomic E-state index is 0.0665. The van der Waals surface area contributed by atoms with E-state index in [0.717, 1.165) is 57.8 Å². The number of hydrogen-bond acceptors (Lipinski definition) is 6. The minimum Gasteiger partial charge on any atom is -0.462 e. The number of rotatable bonds is 68. The molecule has 6 nitrogen and oxygen atoms in total. The van der Waals surface area contributed by atoms with E-state index in [4.69, 9.17) is 14.2 Å². The minimum atomic E-state index is -0.767. The molecule has 0 spiro atoms. The number of carbonyl (C=O) groups is 3. The lowest BCUT2D eigenvalue weighted by molar-refractivity contribution is -0.167. The predicted molar refractivity (Wildman–Crippen MR) is 349 cm³/mol. The topological polar surface area (TPSA) is 78.9 Å². The van der Waals surface area contributed by atoms with Crippen molar-refractivity contribution in [1.82, 2.24) is 0 Å². The van der Waals surface area contributed by atoms with Gasteiger partial charge in [0.15, 0.2) is 6.10 Å². The van der Waals surface area contributed by atoms with Gasteiger partial charge in [-0.15, -0.1) is 0 Å². The summed E-state index contributed by atoms with van der Waals surface area (Å²) in [6.45, 7) is 6.65. The molecule has 0 saturated carbocycles. The molecule has 0 aliphatic rings. The highest BCUT2D eigenvalue weighted by Gasteiger charge is 2.19. The van der Waals surface area contributed by atoms with Crippen LogP contribution in [0.5, 0.6) is 0 Å². The summed E-state index contributed by atoms with van der Waals surface area (Å²) in [6.07, 6.45) is 85.6. The SMILES string of the molecule is CCCCCCCCCC/C=C\CCCCCCCCCCCCCCCCCCCCCCCCCC(=O)OCC(COC(=O)CCCCCCCC)OC(=O)CCCCCCCCCCC/C=C\CCCCCCCCCC. The van der Waals surface area contributed by atoms with Gasteiger partial charge in [0.25, 0.3) is 0 Å². The highest BCUT2D eigenvalue weighted by atomic mass is 16.6. The van der Waals surface area contributed by atoms with E-state index in [0.29, 0.717) is 19.3 Å². The fourth-order valence-electron chi connectivity index (χ4n) is 11.2. The molecule has 0 saturated heterocycles. The van der Waals surface area contributed by atoms with Crippen LogP contribution in [-0.2, 0) is 28.6 Å². The number of allylic oxidation sites excluding steroid dienone is 4. The van der Waals surface area contributed by atoms with E-state index in [1.807, 2.05) is 0 Å². The van der Waals surface area contributed by atoms with Crippen LogP contribution in [0.25, 0.3) is 0 Å². The van der Waals surface area contributed by atoms with Crippen molar-refractivity contribution in [3.05, 3.63) is 24.3 Å². The second-order valence-corrected chi connectivity index (χ2v) is 24.9. The monoisotopic (exact) mass is 1130 g/mol. The third kappa shape index (κ3) is 66.7. The molecular formula is C74H140O6. The van der Waals surface area contributed by atoms with Crippen LogP contribution in [0.15, 0.2) is 24.3 Å². The Morgan fingerprint density at radius 2 is 0.412 bits per heavy atom. The Morgan fingerprint density at radius 1 is 0.237 bits per heavy atom. The number of hydrogen-bond donors (Lipinski definition) is 0. The maximum atomic E-state index is 12.9. The van der Waals surface area contributed by atoms with Gasteiger partial charge >= 0.3 is 17.9 Å². The zero-order valence-corrected chi connectivity index (χ0v) is 54.4. The van der Waals surface area contributed by atoms with Crippen LogP contribution >= 0.6 is 0 Å². The quantitative estimate of drug-likeness (QED) is 0.0261. The molecule has 1 atom stereocenters. The maximum Gasteiger partial charge on any atom is 0.306 e. The Hall–Kier alpha value is -2.11. The van der Waals surface area contributed by atoms with Gasteiger partial charge < -0.3 is 14.2 Å².